The first-order chi connectivity index (χ1) is 13.9. The molecule has 0 aliphatic carbocycles. The Morgan fingerprint density at radius 1 is 1.28 bits per heavy atom. The number of aromatic nitrogens is 3. The number of hydrogen-bond donors (Lipinski definition) is 1. The van der Waals surface area contributed by atoms with Gasteiger partial charge in [-0.2, -0.15) is 5.10 Å². The molecule has 0 spiro atoms. The lowest BCUT2D eigenvalue weighted by Gasteiger charge is -2.13. The molecule has 3 aromatic rings. The normalized spacial score (nSPS) is 11.7. The standard InChI is InChI=1S/C20H22FN5O2S/c1-24(2)19(27)17-6-4-3-5-16(17)18-8-7-15(29-18)12-25-13-23-26(20(25)28)11-14(9-21)10-22/h3-9,13H,10-12,22H2,1-2H3/b14-9+. The first kappa shape index (κ1) is 20.7. The van der Waals surface area contributed by atoms with Crippen LogP contribution in [-0.2, 0) is 13.1 Å². The maximum Gasteiger partial charge on any atom is 0.346 e. The molecule has 0 bridgehead atoms. The van der Waals surface area contributed by atoms with Crippen molar-refractivity contribution in [3.8, 4) is 10.4 Å². The monoisotopic (exact) mass is 415 g/mol. The summed E-state index contributed by atoms with van der Waals surface area (Å²) in [5, 5.41) is 4.03. The second-order valence-corrected chi connectivity index (χ2v) is 7.85. The third-order valence-electron chi connectivity index (χ3n) is 4.38. The minimum atomic E-state index is -0.337. The van der Waals surface area contributed by atoms with Crippen molar-refractivity contribution in [2.24, 2.45) is 5.73 Å². The van der Waals surface area contributed by atoms with Crippen LogP contribution in [0, 0.1) is 0 Å². The number of nitrogens with zero attached hydrogens (tertiary/aromatic N) is 4. The molecule has 152 valence electrons. The molecule has 0 saturated heterocycles. The van der Waals surface area contributed by atoms with Gasteiger partial charge in [-0.1, -0.05) is 18.2 Å². The predicted octanol–water partition coefficient (Wildman–Crippen LogP) is 2.34. The summed E-state index contributed by atoms with van der Waals surface area (Å²) in [5.74, 6) is -0.0651. The fourth-order valence-corrected chi connectivity index (χ4v) is 3.87. The number of benzene rings is 1. The lowest BCUT2D eigenvalue weighted by molar-refractivity contribution is 0.0828. The molecule has 7 nitrogen and oxygen atoms in total. The minimum Gasteiger partial charge on any atom is -0.345 e. The lowest BCUT2D eigenvalue weighted by atomic mass is 10.1. The van der Waals surface area contributed by atoms with Gasteiger partial charge >= 0.3 is 5.69 Å². The topological polar surface area (TPSA) is 86.2 Å². The SMILES string of the molecule is CN(C)C(=O)c1ccccc1-c1ccc(Cn2cnn(C/C(=C/F)CN)c2=O)s1. The first-order valence-corrected chi connectivity index (χ1v) is 9.76. The fraction of sp³-hybridized carbons (Fsp3) is 0.250. The number of thiophene rings is 1. The van der Waals surface area contributed by atoms with E-state index < -0.39 is 0 Å². The molecule has 2 N–H and O–H groups in total. The smallest absolute Gasteiger partial charge is 0.345 e. The van der Waals surface area contributed by atoms with E-state index in [0.717, 1.165) is 15.3 Å². The van der Waals surface area contributed by atoms with Gasteiger partial charge in [0, 0.05) is 41.5 Å². The zero-order valence-electron chi connectivity index (χ0n) is 16.2. The predicted molar refractivity (Wildman–Crippen MR) is 112 cm³/mol. The summed E-state index contributed by atoms with van der Waals surface area (Å²) in [6.07, 6.45) is 1.83. The summed E-state index contributed by atoms with van der Waals surface area (Å²) in [7, 11) is 3.44. The molecule has 0 aliphatic heterocycles. The Balaban J connectivity index is 1.84. The van der Waals surface area contributed by atoms with E-state index in [1.807, 2.05) is 30.3 Å². The minimum absolute atomic E-state index is 0.0224. The van der Waals surface area contributed by atoms with Gasteiger partial charge in [0.2, 0.25) is 0 Å². The van der Waals surface area contributed by atoms with Gasteiger partial charge in [-0.05, 0) is 23.8 Å². The summed E-state index contributed by atoms with van der Waals surface area (Å²) in [4.78, 5) is 28.3. The van der Waals surface area contributed by atoms with Crippen molar-refractivity contribution < 1.29 is 9.18 Å². The van der Waals surface area contributed by atoms with Crippen LogP contribution in [0.15, 0.2) is 59.4 Å². The molecule has 1 aromatic carbocycles. The number of hydrogen-bond acceptors (Lipinski definition) is 5. The molecular weight excluding hydrogens is 393 g/mol. The maximum atomic E-state index is 12.7. The molecule has 3 rings (SSSR count). The van der Waals surface area contributed by atoms with E-state index in [4.69, 9.17) is 5.73 Å². The van der Waals surface area contributed by atoms with E-state index in [-0.39, 0.29) is 30.3 Å². The average molecular weight is 415 g/mol. The lowest BCUT2D eigenvalue weighted by Crippen LogP contribution is -2.26. The van der Waals surface area contributed by atoms with Gasteiger partial charge in [0.1, 0.15) is 6.33 Å². The Labute approximate surface area is 171 Å². The van der Waals surface area contributed by atoms with Crippen LogP contribution in [0.3, 0.4) is 0 Å². The van der Waals surface area contributed by atoms with E-state index in [1.54, 1.807) is 25.1 Å². The largest absolute Gasteiger partial charge is 0.346 e. The summed E-state index contributed by atoms with van der Waals surface area (Å²) in [5.41, 5.74) is 6.87. The molecular formula is C20H22FN5O2S. The van der Waals surface area contributed by atoms with Crippen LogP contribution in [-0.4, -0.2) is 45.8 Å². The third-order valence-corrected chi connectivity index (χ3v) is 5.49. The Bertz CT molecular complexity index is 1100. The molecule has 0 fully saturated rings. The zero-order chi connectivity index (χ0) is 21.0. The van der Waals surface area contributed by atoms with Crippen molar-refractivity contribution in [2.45, 2.75) is 13.1 Å². The van der Waals surface area contributed by atoms with E-state index in [9.17, 15) is 14.0 Å². The third kappa shape index (κ3) is 4.52. The van der Waals surface area contributed by atoms with Gasteiger partial charge in [-0.15, -0.1) is 11.3 Å². The van der Waals surface area contributed by atoms with Crippen LogP contribution in [0.4, 0.5) is 4.39 Å². The maximum absolute atomic E-state index is 12.7. The molecule has 0 aliphatic rings. The summed E-state index contributed by atoms with van der Waals surface area (Å²) < 4.78 is 15.4. The molecule has 0 saturated carbocycles. The van der Waals surface area contributed by atoms with Gasteiger partial charge in [0.25, 0.3) is 5.91 Å². The Kier molecular flexibility index (Phi) is 6.40. The summed E-state index contributed by atoms with van der Waals surface area (Å²) in [6.45, 7) is 0.383. The average Bonchev–Trinajstić information content (AvgIpc) is 3.33. The van der Waals surface area contributed by atoms with E-state index in [1.165, 1.54) is 26.9 Å². The number of nitrogens with two attached hydrogens (primary N) is 1. The molecule has 2 aromatic heterocycles. The van der Waals surface area contributed by atoms with Gasteiger partial charge in [-0.25, -0.2) is 13.9 Å². The van der Waals surface area contributed by atoms with Crippen molar-refractivity contribution in [3.63, 3.8) is 0 Å². The highest BCUT2D eigenvalue weighted by atomic mass is 32.1. The Morgan fingerprint density at radius 3 is 2.72 bits per heavy atom. The number of carbonyl (C=O) groups is 1. The van der Waals surface area contributed by atoms with Crippen LogP contribution >= 0.6 is 11.3 Å². The molecule has 0 unspecified atom stereocenters. The van der Waals surface area contributed by atoms with E-state index in [2.05, 4.69) is 5.10 Å². The van der Waals surface area contributed by atoms with E-state index in [0.29, 0.717) is 18.4 Å². The van der Waals surface area contributed by atoms with E-state index >= 15 is 0 Å². The number of rotatable bonds is 7. The Morgan fingerprint density at radius 2 is 2.03 bits per heavy atom. The van der Waals surface area contributed by atoms with Crippen molar-refractivity contribution >= 4 is 17.2 Å². The highest BCUT2D eigenvalue weighted by Gasteiger charge is 2.16. The van der Waals surface area contributed by atoms with Crippen LogP contribution in [0.25, 0.3) is 10.4 Å². The van der Waals surface area contributed by atoms with Gasteiger partial charge in [-0.3, -0.25) is 9.36 Å². The molecule has 0 radical (unpaired) electrons. The van der Waals surface area contributed by atoms with Crippen LogP contribution in [0.2, 0.25) is 0 Å². The van der Waals surface area contributed by atoms with Crippen LogP contribution in [0.1, 0.15) is 15.2 Å². The Hall–Kier alpha value is -3.04. The number of amides is 1. The van der Waals surface area contributed by atoms with Gasteiger partial charge < -0.3 is 10.6 Å². The highest BCUT2D eigenvalue weighted by molar-refractivity contribution is 7.15. The molecule has 29 heavy (non-hydrogen) atoms. The number of carbonyl (C=O) groups excluding carboxylic acids is 1. The first-order valence-electron chi connectivity index (χ1n) is 8.94. The van der Waals surface area contributed by atoms with Crippen molar-refractivity contribution in [1.82, 2.24) is 19.2 Å². The highest BCUT2D eigenvalue weighted by Crippen LogP contribution is 2.31. The number of halogens is 1. The quantitative estimate of drug-likeness (QED) is 0.642. The van der Waals surface area contributed by atoms with Crippen molar-refractivity contribution in [1.29, 1.82) is 0 Å². The molecule has 0 atom stereocenters. The van der Waals surface area contributed by atoms with Crippen molar-refractivity contribution in [3.05, 3.63) is 75.6 Å². The second kappa shape index (κ2) is 8.97. The summed E-state index contributed by atoms with van der Waals surface area (Å²) in [6, 6.07) is 11.3. The zero-order valence-corrected chi connectivity index (χ0v) is 17.0. The molecule has 2 heterocycles. The van der Waals surface area contributed by atoms with Crippen LogP contribution in [0.5, 0.6) is 0 Å². The van der Waals surface area contributed by atoms with Gasteiger partial charge in [0.15, 0.2) is 0 Å². The molecule has 9 heteroatoms. The van der Waals surface area contributed by atoms with Crippen molar-refractivity contribution in [2.75, 3.05) is 20.6 Å². The summed E-state index contributed by atoms with van der Waals surface area (Å²) >= 11 is 1.51. The van der Waals surface area contributed by atoms with Gasteiger partial charge in [0.05, 0.1) is 19.4 Å². The molecule has 1 amide bonds. The second-order valence-electron chi connectivity index (χ2n) is 6.68. The fourth-order valence-electron chi connectivity index (χ4n) is 2.83. The van der Waals surface area contributed by atoms with Crippen LogP contribution < -0.4 is 11.4 Å².